The van der Waals surface area contributed by atoms with Gasteiger partial charge in [-0.3, -0.25) is 4.98 Å². The van der Waals surface area contributed by atoms with Crippen molar-refractivity contribution in [3.63, 3.8) is 0 Å². The third-order valence-electron chi connectivity index (χ3n) is 4.45. The number of nitrogens with zero attached hydrogens (tertiary/aromatic N) is 4. The number of likely N-dealkylation sites (N-methyl/N-ethyl adjacent to an activating group) is 1. The van der Waals surface area contributed by atoms with Crippen LogP contribution in [-0.4, -0.2) is 59.8 Å². The van der Waals surface area contributed by atoms with Crippen molar-refractivity contribution in [2.24, 2.45) is 0 Å². The number of rotatable bonds is 3. The van der Waals surface area contributed by atoms with Crippen LogP contribution in [0.25, 0.3) is 15.9 Å². The molecule has 0 aromatic carbocycles. The normalized spacial score (nSPS) is 17.3. The summed E-state index contributed by atoms with van der Waals surface area (Å²) < 4.78 is 36.8. The Kier molecular flexibility index (Phi) is 4.63. The lowest BCUT2D eigenvalue weighted by Gasteiger charge is -2.28. The third kappa shape index (κ3) is 3.51. The zero-order valence-corrected chi connectivity index (χ0v) is 14.0. The highest BCUT2D eigenvalue weighted by atomic mass is 19.4. The number of hydrogen-bond donors (Lipinski definition) is 2. The van der Waals surface area contributed by atoms with E-state index in [9.17, 15) is 18.0 Å². The number of hydrogen-bond acceptors (Lipinski definition) is 3. The van der Waals surface area contributed by atoms with Crippen LogP contribution in [0.3, 0.4) is 0 Å². The fourth-order valence-electron chi connectivity index (χ4n) is 3.15. The first kappa shape index (κ1) is 17.8. The largest absolute Gasteiger partial charge is 0.405 e. The first-order valence-electron chi connectivity index (χ1n) is 7.96. The average Bonchev–Trinajstić information content (AvgIpc) is 3.26. The topological polar surface area (TPSA) is 68.6 Å². The van der Waals surface area contributed by atoms with Gasteiger partial charge < -0.3 is 20.1 Å². The number of urea groups is 1. The Hall–Kier alpha value is -2.96. The van der Waals surface area contributed by atoms with E-state index in [2.05, 4.69) is 14.8 Å². The molecule has 0 bridgehead atoms. The first-order chi connectivity index (χ1) is 12.3. The van der Waals surface area contributed by atoms with Gasteiger partial charge in [0.2, 0.25) is 5.69 Å². The number of nitrogens with one attached hydrogen (secondary N) is 2. The van der Waals surface area contributed by atoms with Crippen molar-refractivity contribution in [3.8, 4) is 0 Å². The minimum absolute atomic E-state index is 0.104. The second-order valence-electron chi connectivity index (χ2n) is 6.12. The lowest BCUT2D eigenvalue weighted by molar-refractivity contribution is -0.123. The minimum Gasteiger partial charge on any atom is -0.378 e. The molecule has 0 spiro atoms. The highest BCUT2D eigenvalue weighted by Gasteiger charge is 2.33. The van der Waals surface area contributed by atoms with Crippen molar-refractivity contribution in [1.29, 1.82) is 0 Å². The second-order valence-corrected chi connectivity index (χ2v) is 6.12. The summed E-state index contributed by atoms with van der Waals surface area (Å²) in [5.74, 6) is 0. The number of aromatic nitrogens is 2. The Morgan fingerprint density at radius 1 is 1.58 bits per heavy atom. The van der Waals surface area contributed by atoms with E-state index in [0.717, 1.165) is 5.39 Å². The van der Waals surface area contributed by atoms with Crippen LogP contribution in [0.2, 0.25) is 0 Å². The van der Waals surface area contributed by atoms with Crippen molar-refractivity contribution in [2.75, 3.05) is 31.6 Å². The van der Waals surface area contributed by atoms with Gasteiger partial charge in [-0.15, -0.1) is 0 Å². The summed E-state index contributed by atoms with van der Waals surface area (Å²) in [5, 5.41) is 2.68. The van der Waals surface area contributed by atoms with E-state index >= 15 is 0 Å². The number of aromatic amines is 1. The van der Waals surface area contributed by atoms with Crippen LogP contribution in [0, 0.1) is 6.57 Å². The maximum Gasteiger partial charge on any atom is 0.405 e. The summed E-state index contributed by atoms with van der Waals surface area (Å²) >= 11 is 0. The fourth-order valence-corrected chi connectivity index (χ4v) is 3.15. The molecule has 2 aromatic rings. The molecule has 2 N–H and O–H groups in total. The Morgan fingerprint density at radius 2 is 2.35 bits per heavy atom. The highest BCUT2D eigenvalue weighted by molar-refractivity contribution is 5.97. The standard InChI is InChI=1S/C16H17F3N6O/c1-20-12-7-22-14-11(3-5-21-14)13(12)24(2)10-4-6-25(8-10)15(26)23-9-16(17,18)19/h3,5,7,10H,4,6,8-9H2,2H3,(H,21,22)(H,23,26). The van der Waals surface area contributed by atoms with E-state index in [0.29, 0.717) is 30.0 Å². The van der Waals surface area contributed by atoms with E-state index < -0.39 is 18.8 Å². The van der Waals surface area contributed by atoms with E-state index in [4.69, 9.17) is 6.57 Å². The van der Waals surface area contributed by atoms with Crippen LogP contribution in [0.4, 0.5) is 29.3 Å². The molecule has 1 aliphatic heterocycles. The smallest absolute Gasteiger partial charge is 0.378 e. The van der Waals surface area contributed by atoms with Crippen LogP contribution < -0.4 is 10.2 Å². The summed E-state index contributed by atoms with van der Waals surface area (Å²) in [6, 6.07) is 0.990. The number of amides is 2. The predicted octanol–water partition coefficient (Wildman–Crippen LogP) is 2.90. The minimum atomic E-state index is -4.44. The van der Waals surface area contributed by atoms with Crippen LogP contribution in [0.5, 0.6) is 0 Å². The van der Waals surface area contributed by atoms with Crippen molar-refractivity contribution in [3.05, 3.63) is 29.9 Å². The van der Waals surface area contributed by atoms with Crippen molar-refractivity contribution in [2.45, 2.75) is 18.6 Å². The van der Waals surface area contributed by atoms with Gasteiger partial charge in [-0.1, -0.05) is 0 Å². The lowest BCUT2D eigenvalue weighted by Crippen LogP contribution is -2.44. The molecule has 10 heteroatoms. The molecule has 2 aromatic heterocycles. The van der Waals surface area contributed by atoms with Gasteiger partial charge in [0.15, 0.2) is 0 Å². The van der Waals surface area contributed by atoms with Crippen LogP contribution in [0.1, 0.15) is 6.42 Å². The SMILES string of the molecule is [C-]#[N+]c1cnc2[nH]ccc2c1N(C)C1CCN(C(=O)NCC(F)(F)F)C1. The molecule has 2 amide bonds. The molecule has 138 valence electrons. The monoisotopic (exact) mass is 366 g/mol. The van der Waals surface area contributed by atoms with Crippen molar-refractivity contribution >= 4 is 28.4 Å². The van der Waals surface area contributed by atoms with Crippen molar-refractivity contribution < 1.29 is 18.0 Å². The number of alkyl halides is 3. The molecule has 3 heterocycles. The molecule has 0 aliphatic carbocycles. The molecular weight excluding hydrogens is 349 g/mol. The Balaban J connectivity index is 1.74. The number of pyridine rings is 1. The first-order valence-corrected chi connectivity index (χ1v) is 7.96. The maximum absolute atomic E-state index is 12.3. The molecular formula is C16H17F3N6O. The highest BCUT2D eigenvalue weighted by Crippen LogP contribution is 2.36. The molecule has 1 fully saturated rings. The van der Waals surface area contributed by atoms with Crippen LogP contribution >= 0.6 is 0 Å². The molecule has 1 aliphatic rings. The Labute approximate surface area is 147 Å². The summed E-state index contributed by atoms with van der Waals surface area (Å²) in [7, 11) is 1.82. The Morgan fingerprint density at radius 3 is 3.04 bits per heavy atom. The average molecular weight is 366 g/mol. The van der Waals surface area contributed by atoms with E-state index in [1.54, 1.807) is 6.20 Å². The molecule has 1 unspecified atom stereocenters. The summed E-state index contributed by atoms with van der Waals surface area (Å²) in [6.45, 7) is 6.66. The van der Waals surface area contributed by atoms with Gasteiger partial charge in [-0.2, -0.15) is 13.2 Å². The number of carbonyl (C=O) groups excluding carboxylic acids is 1. The number of anilines is 1. The van der Waals surface area contributed by atoms with Gasteiger partial charge in [0, 0.05) is 44.0 Å². The molecule has 26 heavy (non-hydrogen) atoms. The molecule has 0 saturated carbocycles. The summed E-state index contributed by atoms with van der Waals surface area (Å²) in [4.78, 5) is 25.9. The number of halogens is 3. The van der Waals surface area contributed by atoms with E-state index in [1.165, 1.54) is 11.1 Å². The van der Waals surface area contributed by atoms with Crippen LogP contribution in [-0.2, 0) is 0 Å². The van der Waals surface area contributed by atoms with Gasteiger partial charge in [0.05, 0.1) is 12.3 Å². The lowest BCUT2D eigenvalue weighted by atomic mass is 10.1. The van der Waals surface area contributed by atoms with Crippen molar-refractivity contribution in [1.82, 2.24) is 20.2 Å². The molecule has 0 radical (unpaired) electrons. The van der Waals surface area contributed by atoms with Gasteiger partial charge in [0.25, 0.3) is 0 Å². The van der Waals surface area contributed by atoms with Gasteiger partial charge in [0.1, 0.15) is 12.2 Å². The number of carbonyl (C=O) groups is 1. The molecule has 3 rings (SSSR count). The maximum atomic E-state index is 12.3. The summed E-state index contributed by atoms with van der Waals surface area (Å²) in [5.41, 5.74) is 1.74. The van der Waals surface area contributed by atoms with E-state index in [1.807, 2.05) is 23.3 Å². The molecule has 1 atom stereocenters. The second kappa shape index (κ2) is 6.74. The predicted molar refractivity (Wildman–Crippen MR) is 90.2 cm³/mol. The van der Waals surface area contributed by atoms with Gasteiger partial charge in [-0.05, 0) is 12.5 Å². The van der Waals surface area contributed by atoms with E-state index in [-0.39, 0.29) is 12.6 Å². The number of likely N-dealkylation sites (tertiary alicyclic amines) is 1. The number of fused-ring (bicyclic) bond motifs is 1. The molecule has 7 nitrogen and oxygen atoms in total. The zero-order valence-electron chi connectivity index (χ0n) is 14.0. The van der Waals surface area contributed by atoms with Crippen LogP contribution in [0.15, 0.2) is 18.5 Å². The van der Waals surface area contributed by atoms with Gasteiger partial charge >= 0.3 is 12.2 Å². The number of H-pyrrole nitrogens is 1. The third-order valence-corrected chi connectivity index (χ3v) is 4.45. The summed E-state index contributed by atoms with van der Waals surface area (Å²) in [6.07, 6.45) is -0.622. The Bertz CT molecular complexity index is 856. The van der Waals surface area contributed by atoms with Gasteiger partial charge in [-0.25, -0.2) is 9.64 Å². The quantitative estimate of drug-likeness (QED) is 0.821. The zero-order chi connectivity index (χ0) is 18.9. The fraction of sp³-hybridized carbons (Fsp3) is 0.438. The molecule has 1 saturated heterocycles.